The number of methoxy groups -OCH3 is 2. The van der Waals surface area contributed by atoms with Crippen LogP contribution in [0.5, 0.6) is 11.5 Å². The van der Waals surface area contributed by atoms with Crippen molar-refractivity contribution >= 4 is 0 Å². The molecule has 0 aliphatic carbocycles. The quantitative estimate of drug-likeness (QED) is 0.822. The fourth-order valence-corrected chi connectivity index (χ4v) is 2.70. The zero-order valence-corrected chi connectivity index (χ0v) is 14.2. The molecule has 23 heavy (non-hydrogen) atoms. The van der Waals surface area contributed by atoms with Crippen molar-refractivity contribution in [1.29, 1.82) is 0 Å². The van der Waals surface area contributed by atoms with E-state index in [2.05, 4.69) is 25.2 Å². The highest BCUT2D eigenvalue weighted by atomic mass is 16.5. The lowest BCUT2D eigenvalue weighted by Gasteiger charge is -2.24. The lowest BCUT2D eigenvalue weighted by molar-refractivity contribution is 0.234. The molecule has 4 heteroatoms. The van der Waals surface area contributed by atoms with E-state index < -0.39 is 0 Å². The molecule has 0 saturated heterocycles. The molecule has 0 aliphatic rings. The number of aliphatic hydroxyl groups excluding tert-OH is 1. The summed E-state index contributed by atoms with van der Waals surface area (Å²) in [5.41, 5.74) is 3.25. The molecule has 0 fully saturated rings. The number of hydrogen-bond acceptors (Lipinski definition) is 4. The number of rotatable bonds is 7. The number of aryl methyl sites for hydroxylation is 1. The maximum atomic E-state index is 9.79. The molecule has 2 unspecified atom stereocenters. The minimum atomic E-state index is -0.176. The topological polar surface area (TPSA) is 50.7 Å². The van der Waals surface area contributed by atoms with Gasteiger partial charge in [-0.25, -0.2) is 0 Å². The number of hydrogen-bond donors (Lipinski definition) is 2. The molecule has 0 aromatic heterocycles. The van der Waals surface area contributed by atoms with Crippen molar-refractivity contribution in [1.82, 2.24) is 5.32 Å². The summed E-state index contributed by atoms with van der Waals surface area (Å²) in [5.74, 6) is 1.63. The van der Waals surface area contributed by atoms with Crippen LogP contribution < -0.4 is 14.8 Å². The van der Waals surface area contributed by atoms with E-state index in [1.807, 2.05) is 36.4 Å². The summed E-state index contributed by atoms with van der Waals surface area (Å²) >= 11 is 0. The van der Waals surface area contributed by atoms with Crippen molar-refractivity contribution < 1.29 is 14.6 Å². The maximum Gasteiger partial charge on any atom is 0.123 e. The summed E-state index contributed by atoms with van der Waals surface area (Å²) in [7, 11) is 3.31. The van der Waals surface area contributed by atoms with Gasteiger partial charge < -0.3 is 19.9 Å². The predicted octanol–water partition coefficient (Wildman–Crippen LogP) is 3.40. The van der Waals surface area contributed by atoms with Crippen LogP contribution >= 0.6 is 0 Å². The largest absolute Gasteiger partial charge is 0.497 e. The molecule has 2 N–H and O–H groups in total. The smallest absolute Gasteiger partial charge is 0.123 e. The minimum Gasteiger partial charge on any atom is -0.497 e. The molecular weight excluding hydrogens is 290 g/mol. The van der Waals surface area contributed by atoms with Gasteiger partial charge in [-0.15, -0.1) is 0 Å². The highest BCUT2D eigenvalue weighted by Crippen LogP contribution is 2.28. The Morgan fingerprint density at radius 1 is 1.09 bits per heavy atom. The third-order valence-corrected chi connectivity index (χ3v) is 3.98. The summed E-state index contributed by atoms with van der Waals surface area (Å²) < 4.78 is 10.7. The predicted molar refractivity (Wildman–Crippen MR) is 92.1 cm³/mol. The Labute approximate surface area is 138 Å². The van der Waals surface area contributed by atoms with E-state index in [1.54, 1.807) is 14.2 Å². The Morgan fingerprint density at radius 2 is 1.87 bits per heavy atom. The molecule has 124 valence electrons. The molecule has 2 aromatic carbocycles. The van der Waals surface area contributed by atoms with Crippen LogP contribution in [0.4, 0.5) is 0 Å². The van der Waals surface area contributed by atoms with Gasteiger partial charge in [0, 0.05) is 11.6 Å². The summed E-state index contributed by atoms with van der Waals surface area (Å²) in [5, 5.41) is 13.3. The van der Waals surface area contributed by atoms with E-state index in [0.29, 0.717) is 0 Å². The fraction of sp³-hybridized carbons (Fsp3) is 0.368. The van der Waals surface area contributed by atoms with E-state index in [-0.39, 0.29) is 18.7 Å². The first-order chi connectivity index (χ1) is 11.1. The highest BCUT2D eigenvalue weighted by Gasteiger charge is 2.18. The lowest BCUT2D eigenvalue weighted by Crippen LogP contribution is -2.27. The van der Waals surface area contributed by atoms with Gasteiger partial charge >= 0.3 is 0 Å². The SMILES string of the molecule is COc1cccc(C(CO)NC(C)c2cc(C)ccc2OC)c1. The first-order valence-corrected chi connectivity index (χ1v) is 7.74. The fourth-order valence-electron chi connectivity index (χ4n) is 2.70. The van der Waals surface area contributed by atoms with Gasteiger partial charge in [-0.2, -0.15) is 0 Å². The molecule has 0 heterocycles. The van der Waals surface area contributed by atoms with Crippen LogP contribution in [0.15, 0.2) is 42.5 Å². The molecule has 4 nitrogen and oxygen atoms in total. The summed E-state index contributed by atoms with van der Waals surface area (Å²) in [6.07, 6.45) is 0. The van der Waals surface area contributed by atoms with E-state index in [4.69, 9.17) is 9.47 Å². The van der Waals surface area contributed by atoms with Crippen molar-refractivity contribution in [2.75, 3.05) is 20.8 Å². The van der Waals surface area contributed by atoms with Gasteiger partial charge in [0.2, 0.25) is 0 Å². The van der Waals surface area contributed by atoms with Crippen molar-refractivity contribution in [3.63, 3.8) is 0 Å². The number of nitrogens with one attached hydrogen (secondary N) is 1. The summed E-state index contributed by atoms with van der Waals surface area (Å²) in [6, 6.07) is 13.7. The summed E-state index contributed by atoms with van der Waals surface area (Å²) in [4.78, 5) is 0. The van der Waals surface area contributed by atoms with Gasteiger partial charge in [0.15, 0.2) is 0 Å². The van der Waals surface area contributed by atoms with Crippen molar-refractivity contribution in [2.24, 2.45) is 0 Å². The van der Waals surface area contributed by atoms with E-state index in [0.717, 1.165) is 22.6 Å². The zero-order chi connectivity index (χ0) is 16.8. The van der Waals surface area contributed by atoms with E-state index in [1.165, 1.54) is 5.56 Å². The van der Waals surface area contributed by atoms with Crippen LogP contribution in [0.2, 0.25) is 0 Å². The first kappa shape index (κ1) is 17.3. The van der Waals surface area contributed by atoms with Crippen LogP contribution in [-0.4, -0.2) is 25.9 Å². The molecule has 2 aromatic rings. The Balaban J connectivity index is 2.22. The Bertz CT molecular complexity index is 642. The van der Waals surface area contributed by atoms with Crippen LogP contribution in [0.1, 0.15) is 35.7 Å². The van der Waals surface area contributed by atoms with Crippen LogP contribution in [0, 0.1) is 6.92 Å². The van der Waals surface area contributed by atoms with Gasteiger partial charge in [0.1, 0.15) is 11.5 Å². The van der Waals surface area contributed by atoms with Gasteiger partial charge in [-0.3, -0.25) is 0 Å². The van der Waals surface area contributed by atoms with Gasteiger partial charge in [0.25, 0.3) is 0 Å². The zero-order valence-electron chi connectivity index (χ0n) is 14.2. The average Bonchev–Trinajstić information content (AvgIpc) is 2.59. The second kappa shape index (κ2) is 7.99. The van der Waals surface area contributed by atoms with Gasteiger partial charge in [-0.1, -0.05) is 29.8 Å². The molecule has 0 radical (unpaired) electrons. The van der Waals surface area contributed by atoms with Crippen molar-refractivity contribution in [3.05, 3.63) is 59.2 Å². The lowest BCUT2D eigenvalue weighted by atomic mass is 10.0. The van der Waals surface area contributed by atoms with E-state index in [9.17, 15) is 5.11 Å². The second-order valence-corrected chi connectivity index (χ2v) is 5.65. The first-order valence-electron chi connectivity index (χ1n) is 7.74. The molecule has 0 bridgehead atoms. The van der Waals surface area contributed by atoms with E-state index >= 15 is 0 Å². The molecule has 0 aliphatic heterocycles. The monoisotopic (exact) mass is 315 g/mol. The maximum absolute atomic E-state index is 9.79. The van der Waals surface area contributed by atoms with Crippen molar-refractivity contribution in [3.8, 4) is 11.5 Å². The van der Waals surface area contributed by atoms with Crippen LogP contribution in [0.25, 0.3) is 0 Å². The molecule has 2 atom stereocenters. The Kier molecular flexibility index (Phi) is 6.02. The molecular formula is C19H25NO3. The number of aliphatic hydroxyl groups is 1. The number of benzene rings is 2. The Morgan fingerprint density at radius 3 is 2.52 bits per heavy atom. The third kappa shape index (κ3) is 4.24. The molecule has 0 spiro atoms. The van der Waals surface area contributed by atoms with Crippen LogP contribution in [-0.2, 0) is 0 Å². The standard InChI is InChI=1S/C19H25NO3/c1-13-8-9-19(23-4)17(10-13)14(2)20-18(12-21)15-6-5-7-16(11-15)22-3/h5-11,14,18,20-21H,12H2,1-4H3. The Hall–Kier alpha value is -2.04. The average molecular weight is 315 g/mol. The summed E-state index contributed by atoms with van der Waals surface area (Å²) in [6.45, 7) is 4.13. The molecule has 0 amide bonds. The highest BCUT2D eigenvalue weighted by molar-refractivity contribution is 5.39. The number of ether oxygens (including phenoxy) is 2. The van der Waals surface area contributed by atoms with Crippen LogP contribution in [0.3, 0.4) is 0 Å². The normalized spacial score (nSPS) is 13.4. The molecule has 0 saturated carbocycles. The van der Waals surface area contributed by atoms with Gasteiger partial charge in [-0.05, 0) is 37.6 Å². The van der Waals surface area contributed by atoms with Crippen molar-refractivity contribution in [2.45, 2.75) is 25.9 Å². The minimum absolute atomic E-state index is 0.00559. The second-order valence-electron chi connectivity index (χ2n) is 5.65. The molecule has 2 rings (SSSR count). The van der Waals surface area contributed by atoms with Gasteiger partial charge in [0.05, 0.1) is 26.9 Å². The third-order valence-electron chi connectivity index (χ3n) is 3.98.